The molecule has 0 radical (unpaired) electrons. The zero-order valence-electron chi connectivity index (χ0n) is 10.4. The molecule has 2 aromatic carbocycles. The van der Waals surface area contributed by atoms with Crippen molar-refractivity contribution in [3.63, 3.8) is 0 Å². The number of rotatable bonds is 3. The van der Waals surface area contributed by atoms with E-state index < -0.39 is 10.0 Å². The fraction of sp³-hybridized carbons (Fsp3) is 0.0769. The number of hydrogen-bond donors (Lipinski definition) is 1. The highest BCUT2D eigenvalue weighted by Crippen LogP contribution is 2.30. The van der Waals surface area contributed by atoms with Crippen molar-refractivity contribution in [3.05, 3.63) is 52.5 Å². The van der Waals surface area contributed by atoms with Gasteiger partial charge in [0.2, 0.25) is 0 Å². The highest BCUT2D eigenvalue weighted by molar-refractivity contribution is 7.93. The number of phenolic OH excluding ortho intramolecular Hbond substituents is 1. The van der Waals surface area contributed by atoms with Crippen molar-refractivity contribution in [1.29, 1.82) is 0 Å². The van der Waals surface area contributed by atoms with Gasteiger partial charge in [-0.25, -0.2) is 8.42 Å². The number of halogens is 2. The van der Waals surface area contributed by atoms with E-state index in [9.17, 15) is 13.5 Å². The highest BCUT2D eigenvalue weighted by atomic mass is 35.5. The highest BCUT2D eigenvalue weighted by Gasteiger charge is 2.24. The molecular formula is C13H11Cl2NO3S. The monoisotopic (exact) mass is 331 g/mol. The van der Waals surface area contributed by atoms with Gasteiger partial charge in [-0.1, -0.05) is 23.2 Å². The minimum atomic E-state index is -3.82. The molecule has 0 aliphatic heterocycles. The quantitative estimate of drug-likeness (QED) is 0.935. The molecule has 0 atom stereocenters. The molecule has 0 aliphatic carbocycles. The molecule has 0 aromatic heterocycles. The first-order chi connectivity index (χ1) is 9.32. The minimum Gasteiger partial charge on any atom is -0.508 e. The van der Waals surface area contributed by atoms with E-state index in [2.05, 4.69) is 0 Å². The van der Waals surface area contributed by atoms with Crippen LogP contribution < -0.4 is 4.31 Å². The number of aromatic hydroxyl groups is 1. The van der Waals surface area contributed by atoms with Gasteiger partial charge in [-0.05, 0) is 42.5 Å². The normalized spacial score (nSPS) is 11.3. The number of benzene rings is 2. The van der Waals surface area contributed by atoms with Gasteiger partial charge in [0.1, 0.15) is 10.6 Å². The van der Waals surface area contributed by atoms with E-state index in [1.165, 1.54) is 49.5 Å². The molecule has 20 heavy (non-hydrogen) atoms. The molecule has 0 spiro atoms. The lowest BCUT2D eigenvalue weighted by Crippen LogP contribution is -2.26. The van der Waals surface area contributed by atoms with E-state index in [1.54, 1.807) is 0 Å². The lowest BCUT2D eigenvalue weighted by molar-refractivity contribution is 0.475. The standard InChI is InChI=1S/C13H11Cl2NO3S/c1-16(10-3-5-11(17)6-4-10)20(18,19)13-8-9(14)2-7-12(13)15/h2-8,17H,1H3. The first kappa shape index (κ1) is 15.0. The number of anilines is 1. The molecular weight excluding hydrogens is 321 g/mol. The Morgan fingerprint density at radius 3 is 2.25 bits per heavy atom. The molecule has 4 nitrogen and oxygen atoms in total. The summed E-state index contributed by atoms with van der Waals surface area (Å²) in [5.41, 5.74) is 0.402. The first-order valence-corrected chi connectivity index (χ1v) is 7.75. The predicted molar refractivity (Wildman–Crippen MR) is 80.2 cm³/mol. The second-order valence-corrected chi connectivity index (χ2v) is 6.84. The molecule has 0 bridgehead atoms. The van der Waals surface area contributed by atoms with E-state index >= 15 is 0 Å². The largest absolute Gasteiger partial charge is 0.508 e. The molecule has 0 aliphatic rings. The number of nitrogens with zero attached hydrogens (tertiary/aromatic N) is 1. The molecule has 0 saturated heterocycles. The Morgan fingerprint density at radius 2 is 1.65 bits per heavy atom. The number of hydrogen-bond acceptors (Lipinski definition) is 3. The van der Waals surface area contributed by atoms with Gasteiger partial charge in [-0.15, -0.1) is 0 Å². The zero-order chi connectivity index (χ0) is 14.9. The average molecular weight is 332 g/mol. The smallest absolute Gasteiger partial charge is 0.265 e. The summed E-state index contributed by atoms with van der Waals surface area (Å²) in [5.74, 6) is 0.0559. The van der Waals surface area contributed by atoms with Gasteiger partial charge in [0.05, 0.1) is 10.7 Å². The van der Waals surface area contributed by atoms with Crippen LogP contribution in [0.5, 0.6) is 5.75 Å². The Bertz CT molecular complexity index is 730. The summed E-state index contributed by atoms with van der Waals surface area (Å²) in [6.45, 7) is 0. The Hall–Kier alpha value is -1.43. The third kappa shape index (κ3) is 2.85. The van der Waals surface area contributed by atoms with Crippen molar-refractivity contribution in [1.82, 2.24) is 0 Å². The fourth-order valence-corrected chi connectivity index (χ4v) is 3.56. The SMILES string of the molecule is CN(c1ccc(O)cc1)S(=O)(=O)c1cc(Cl)ccc1Cl. The lowest BCUT2D eigenvalue weighted by atomic mass is 10.3. The maximum Gasteiger partial charge on any atom is 0.265 e. The summed E-state index contributed by atoms with van der Waals surface area (Å²) >= 11 is 11.8. The van der Waals surface area contributed by atoms with Crippen molar-refractivity contribution in [2.45, 2.75) is 4.90 Å². The van der Waals surface area contributed by atoms with Gasteiger partial charge in [0.15, 0.2) is 0 Å². The summed E-state index contributed by atoms with van der Waals surface area (Å²) in [6.07, 6.45) is 0. The van der Waals surface area contributed by atoms with Crippen LogP contribution >= 0.6 is 23.2 Å². The van der Waals surface area contributed by atoms with Gasteiger partial charge < -0.3 is 5.11 Å². The van der Waals surface area contributed by atoms with Crippen molar-refractivity contribution < 1.29 is 13.5 Å². The first-order valence-electron chi connectivity index (χ1n) is 5.55. The molecule has 0 fully saturated rings. The number of phenols is 1. The van der Waals surface area contributed by atoms with Crippen LogP contribution in [0.25, 0.3) is 0 Å². The third-order valence-corrected chi connectivity index (χ3v) is 5.25. The molecule has 1 N–H and O–H groups in total. The van der Waals surface area contributed by atoms with Crippen LogP contribution in [0.2, 0.25) is 10.0 Å². The van der Waals surface area contributed by atoms with E-state index in [1.807, 2.05) is 0 Å². The Balaban J connectivity index is 2.49. The second kappa shape index (κ2) is 5.52. The van der Waals surface area contributed by atoms with Crippen LogP contribution in [0.4, 0.5) is 5.69 Å². The van der Waals surface area contributed by atoms with Gasteiger partial charge in [-0.3, -0.25) is 4.31 Å². The molecule has 0 amide bonds. The third-order valence-electron chi connectivity index (χ3n) is 2.75. The molecule has 0 saturated carbocycles. The predicted octanol–water partition coefficient (Wildman–Crippen LogP) is 3.52. The maximum absolute atomic E-state index is 12.5. The molecule has 7 heteroatoms. The van der Waals surface area contributed by atoms with Gasteiger partial charge in [0.25, 0.3) is 10.0 Å². The topological polar surface area (TPSA) is 57.6 Å². The Kier molecular flexibility index (Phi) is 4.13. The number of sulfonamides is 1. The van der Waals surface area contributed by atoms with E-state index in [0.29, 0.717) is 5.69 Å². The summed E-state index contributed by atoms with van der Waals surface area (Å²) in [6, 6.07) is 10.0. The summed E-state index contributed by atoms with van der Waals surface area (Å²) in [5, 5.41) is 9.61. The maximum atomic E-state index is 12.5. The molecule has 106 valence electrons. The van der Waals surface area contributed by atoms with Crippen LogP contribution in [0, 0.1) is 0 Å². The van der Waals surface area contributed by atoms with Crippen LogP contribution in [-0.4, -0.2) is 20.6 Å². The van der Waals surface area contributed by atoms with E-state index in [0.717, 1.165) is 4.31 Å². The molecule has 2 aromatic rings. The molecule has 0 heterocycles. The summed E-state index contributed by atoms with van der Waals surface area (Å²) in [4.78, 5) is -0.0674. The summed E-state index contributed by atoms with van der Waals surface area (Å²) < 4.78 is 26.1. The van der Waals surface area contributed by atoms with Crippen molar-refractivity contribution in [3.8, 4) is 5.75 Å². The van der Waals surface area contributed by atoms with Crippen molar-refractivity contribution >= 4 is 38.9 Å². The molecule has 0 unspecified atom stereocenters. The zero-order valence-corrected chi connectivity index (χ0v) is 12.7. The van der Waals surface area contributed by atoms with E-state index in [4.69, 9.17) is 23.2 Å². The van der Waals surface area contributed by atoms with Gasteiger partial charge >= 0.3 is 0 Å². The van der Waals surface area contributed by atoms with Gasteiger partial charge in [-0.2, -0.15) is 0 Å². The van der Waals surface area contributed by atoms with Crippen molar-refractivity contribution in [2.24, 2.45) is 0 Å². The van der Waals surface area contributed by atoms with Crippen LogP contribution in [0.1, 0.15) is 0 Å². The average Bonchev–Trinajstić information content (AvgIpc) is 2.41. The van der Waals surface area contributed by atoms with Crippen LogP contribution in [0.3, 0.4) is 0 Å². The second-order valence-electron chi connectivity index (χ2n) is 4.06. The molecule has 2 rings (SSSR count). The lowest BCUT2D eigenvalue weighted by Gasteiger charge is -2.20. The van der Waals surface area contributed by atoms with E-state index in [-0.39, 0.29) is 20.7 Å². The minimum absolute atomic E-state index is 0.0559. The Labute approximate surface area is 127 Å². The summed E-state index contributed by atoms with van der Waals surface area (Å²) in [7, 11) is -2.42. The van der Waals surface area contributed by atoms with Crippen LogP contribution in [0.15, 0.2) is 47.4 Å². The van der Waals surface area contributed by atoms with Crippen molar-refractivity contribution in [2.75, 3.05) is 11.4 Å². The Morgan fingerprint density at radius 1 is 1.05 bits per heavy atom. The van der Waals surface area contributed by atoms with Crippen LogP contribution in [-0.2, 0) is 10.0 Å². The van der Waals surface area contributed by atoms with Gasteiger partial charge in [0, 0.05) is 12.1 Å². The fourth-order valence-electron chi connectivity index (χ4n) is 1.62.